The highest BCUT2D eigenvalue weighted by Gasteiger charge is 2.18. The van der Waals surface area contributed by atoms with Gasteiger partial charge < -0.3 is 15.1 Å². The van der Waals surface area contributed by atoms with Crippen LogP contribution in [0.2, 0.25) is 0 Å². The Bertz CT molecular complexity index is 330. The van der Waals surface area contributed by atoms with Crippen molar-refractivity contribution in [2.45, 2.75) is 25.7 Å². The minimum Gasteiger partial charge on any atom is -0.342 e. The third-order valence-electron chi connectivity index (χ3n) is 3.85. The van der Waals surface area contributed by atoms with Crippen molar-refractivity contribution < 1.29 is 9.59 Å². The van der Waals surface area contributed by atoms with Gasteiger partial charge in [0, 0.05) is 32.7 Å². The van der Waals surface area contributed by atoms with E-state index in [1.165, 1.54) is 18.2 Å². The lowest BCUT2D eigenvalue weighted by Gasteiger charge is -2.26. The van der Waals surface area contributed by atoms with Gasteiger partial charge >= 0.3 is 0 Å². The van der Waals surface area contributed by atoms with Gasteiger partial charge in [-0.3, -0.25) is 9.59 Å². The van der Waals surface area contributed by atoms with Crippen LogP contribution in [-0.4, -0.2) is 72.4 Å². The van der Waals surface area contributed by atoms with Gasteiger partial charge in [-0.15, -0.1) is 24.2 Å². The minimum atomic E-state index is 0. The quantitative estimate of drug-likeness (QED) is 0.832. The molecule has 2 amide bonds. The van der Waals surface area contributed by atoms with Crippen molar-refractivity contribution in [3.63, 3.8) is 0 Å². The van der Waals surface area contributed by atoms with Crippen molar-refractivity contribution in [1.82, 2.24) is 15.1 Å². The Morgan fingerprint density at radius 2 is 1.38 bits per heavy atom. The molecule has 0 aliphatic carbocycles. The van der Waals surface area contributed by atoms with Crippen molar-refractivity contribution in [2.75, 3.05) is 50.8 Å². The van der Waals surface area contributed by atoms with Crippen LogP contribution in [0.4, 0.5) is 0 Å². The first kappa shape index (κ1) is 18.6. The molecule has 2 heterocycles. The minimum absolute atomic E-state index is 0. The molecule has 0 spiro atoms. The lowest BCUT2D eigenvalue weighted by Crippen LogP contribution is -2.38. The van der Waals surface area contributed by atoms with E-state index in [0.29, 0.717) is 11.5 Å². The van der Waals surface area contributed by atoms with Crippen LogP contribution in [0, 0.1) is 0 Å². The van der Waals surface area contributed by atoms with Crippen LogP contribution >= 0.6 is 24.2 Å². The average Bonchev–Trinajstić information content (AvgIpc) is 2.77. The molecule has 2 aliphatic rings. The number of hydrogen-bond acceptors (Lipinski definition) is 4. The molecule has 2 fully saturated rings. The summed E-state index contributed by atoms with van der Waals surface area (Å²) in [5.74, 6) is 1.24. The van der Waals surface area contributed by atoms with Crippen LogP contribution in [0.5, 0.6) is 0 Å². The Balaban J connectivity index is 0.00000220. The number of nitrogens with zero attached hydrogens (tertiary/aromatic N) is 2. The van der Waals surface area contributed by atoms with Crippen LogP contribution in [-0.2, 0) is 9.59 Å². The predicted molar refractivity (Wildman–Crippen MR) is 89.1 cm³/mol. The summed E-state index contributed by atoms with van der Waals surface area (Å²) >= 11 is 1.46. The van der Waals surface area contributed by atoms with Gasteiger partial charge in [0.2, 0.25) is 11.8 Å². The maximum atomic E-state index is 12.1. The summed E-state index contributed by atoms with van der Waals surface area (Å²) in [6.45, 7) is 5.29. The number of nitrogens with one attached hydrogen (secondary N) is 1. The summed E-state index contributed by atoms with van der Waals surface area (Å²) in [5.41, 5.74) is 0. The molecule has 5 nitrogen and oxygen atoms in total. The van der Waals surface area contributed by atoms with Crippen LogP contribution in [0.15, 0.2) is 0 Å². The normalized spacial score (nSPS) is 19.6. The maximum Gasteiger partial charge on any atom is 0.232 e. The average molecular weight is 336 g/mol. The molecule has 0 bridgehead atoms. The van der Waals surface area contributed by atoms with Gasteiger partial charge in [0.1, 0.15) is 0 Å². The standard InChI is InChI=1S/C14H25N3O2S.ClH/c18-13(16-7-2-1-3-8-16)11-20-12-14(19)17-9-4-5-15-6-10-17;/h15H,1-12H2;1H. The van der Waals surface area contributed by atoms with Crippen LogP contribution < -0.4 is 5.32 Å². The number of amides is 2. The second-order valence-corrected chi connectivity index (χ2v) is 6.40. The Labute approximate surface area is 137 Å². The molecule has 0 saturated carbocycles. The molecule has 7 heteroatoms. The van der Waals surface area contributed by atoms with E-state index in [9.17, 15) is 9.59 Å². The van der Waals surface area contributed by atoms with Gasteiger partial charge in [-0.25, -0.2) is 0 Å². The molecule has 1 N–H and O–H groups in total. The highest BCUT2D eigenvalue weighted by atomic mass is 35.5. The number of carbonyl (C=O) groups is 2. The lowest BCUT2D eigenvalue weighted by molar-refractivity contribution is -0.129. The van der Waals surface area contributed by atoms with Gasteiger partial charge in [0.05, 0.1) is 11.5 Å². The SMILES string of the molecule is Cl.O=C(CSCC(=O)N1CCCNCC1)N1CCCCC1. The van der Waals surface area contributed by atoms with E-state index in [2.05, 4.69) is 5.32 Å². The zero-order chi connectivity index (χ0) is 14.2. The van der Waals surface area contributed by atoms with Gasteiger partial charge in [0.25, 0.3) is 0 Å². The molecule has 0 aromatic heterocycles. The molecule has 122 valence electrons. The number of thioether (sulfide) groups is 1. The fraction of sp³-hybridized carbons (Fsp3) is 0.857. The zero-order valence-corrected chi connectivity index (χ0v) is 14.1. The number of piperidine rings is 1. The fourth-order valence-electron chi connectivity index (χ4n) is 2.65. The summed E-state index contributed by atoms with van der Waals surface area (Å²) < 4.78 is 0. The smallest absolute Gasteiger partial charge is 0.232 e. The predicted octanol–water partition coefficient (Wildman–Crippen LogP) is 0.976. The van der Waals surface area contributed by atoms with E-state index >= 15 is 0 Å². The molecule has 0 unspecified atom stereocenters. The van der Waals surface area contributed by atoms with E-state index < -0.39 is 0 Å². The van der Waals surface area contributed by atoms with Crippen molar-refractivity contribution >= 4 is 36.0 Å². The number of halogens is 1. The van der Waals surface area contributed by atoms with E-state index in [-0.39, 0.29) is 24.2 Å². The van der Waals surface area contributed by atoms with Crippen LogP contribution in [0.25, 0.3) is 0 Å². The Kier molecular flexibility index (Phi) is 9.11. The first-order valence-corrected chi connectivity index (χ1v) is 8.77. The molecular weight excluding hydrogens is 310 g/mol. The Morgan fingerprint density at radius 1 is 0.810 bits per heavy atom. The molecule has 0 atom stereocenters. The zero-order valence-electron chi connectivity index (χ0n) is 12.5. The maximum absolute atomic E-state index is 12.1. The van der Waals surface area contributed by atoms with Gasteiger partial charge in [0.15, 0.2) is 0 Å². The molecule has 0 aromatic carbocycles. The van der Waals surface area contributed by atoms with Gasteiger partial charge in [-0.2, -0.15) is 0 Å². The summed E-state index contributed by atoms with van der Waals surface area (Å²) in [5, 5.41) is 3.29. The molecular formula is C14H26ClN3O2S. The van der Waals surface area contributed by atoms with E-state index in [4.69, 9.17) is 0 Å². The number of hydrogen-bond donors (Lipinski definition) is 1. The van der Waals surface area contributed by atoms with Crippen molar-refractivity contribution in [3.8, 4) is 0 Å². The largest absolute Gasteiger partial charge is 0.342 e. The lowest BCUT2D eigenvalue weighted by atomic mass is 10.1. The topological polar surface area (TPSA) is 52.7 Å². The first-order chi connectivity index (χ1) is 9.77. The third kappa shape index (κ3) is 6.45. The van der Waals surface area contributed by atoms with Crippen LogP contribution in [0.1, 0.15) is 25.7 Å². The Hall–Kier alpha value is -0.460. The number of likely N-dealkylation sites (tertiary alicyclic amines) is 1. The van der Waals surface area contributed by atoms with Gasteiger partial charge in [-0.1, -0.05) is 0 Å². The van der Waals surface area contributed by atoms with Crippen molar-refractivity contribution in [3.05, 3.63) is 0 Å². The number of carbonyl (C=O) groups excluding carboxylic acids is 2. The second kappa shape index (κ2) is 10.3. The third-order valence-corrected chi connectivity index (χ3v) is 4.75. The highest BCUT2D eigenvalue weighted by molar-refractivity contribution is 8.00. The van der Waals surface area contributed by atoms with Gasteiger partial charge in [-0.05, 0) is 32.2 Å². The number of rotatable bonds is 4. The van der Waals surface area contributed by atoms with E-state index in [1.807, 2.05) is 9.80 Å². The summed E-state index contributed by atoms with van der Waals surface area (Å²) in [6.07, 6.45) is 4.49. The van der Waals surface area contributed by atoms with Crippen LogP contribution in [0.3, 0.4) is 0 Å². The van der Waals surface area contributed by atoms with Crippen molar-refractivity contribution in [1.29, 1.82) is 0 Å². The fourth-order valence-corrected chi connectivity index (χ4v) is 3.46. The van der Waals surface area contributed by atoms with E-state index in [1.54, 1.807) is 0 Å². The molecule has 2 aliphatic heterocycles. The van der Waals surface area contributed by atoms with E-state index in [0.717, 1.165) is 58.5 Å². The monoisotopic (exact) mass is 335 g/mol. The molecule has 2 saturated heterocycles. The Morgan fingerprint density at radius 3 is 2.05 bits per heavy atom. The summed E-state index contributed by atoms with van der Waals surface area (Å²) in [6, 6.07) is 0. The first-order valence-electron chi connectivity index (χ1n) is 7.61. The van der Waals surface area contributed by atoms with Crippen molar-refractivity contribution in [2.24, 2.45) is 0 Å². The molecule has 21 heavy (non-hydrogen) atoms. The molecule has 0 radical (unpaired) electrons. The summed E-state index contributed by atoms with van der Waals surface area (Å²) in [7, 11) is 0. The molecule has 2 rings (SSSR count). The second-order valence-electron chi connectivity index (χ2n) is 5.42. The molecule has 0 aromatic rings. The highest BCUT2D eigenvalue weighted by Crippen LogP contribution is 2.12. The summed E-state index contributed by atoms with van der Waals surface area (Å²) in [4.78, 5) is 27.9.